The van der Waals surface area contributed by atoms with Gasteiger partial charge in [-0.25, -0.2) is 0 Å². The van der Waals surface area contributed by atoms with Crippen molar-refractivity contribution in [2.45, 2.75) is 50.4 Å². The molecule has 2 aliphatic carbocycles. The van der Waals surface area contributed by atoms with Crippen LogP contribution in [0.3, 0.4) is 0 Å². The van der Waals surface area contributed by atoms with Crippen LogP contribution in [0.2, 0.25) is 0 Å². The van der Waals surface area contributed by atoms with Gasteiger partial charge < -0.3 is 5.11 Å². The number of aliphatic carboxylic acids is 1. The minimum atomic E-state index is -0.696. The minimum absolute atomic E-state index is 0.665. The Morgan fingerprint density at radius 3 is 2.62 bits per heavy atom. The summed E-state index contributed by atoms with van der Waals surface area (Å²) in [6.45, 7) is 0. The van der Waals surface area contributed by atoms with Crippen LogP contribution in [-0.4, -0.2) is 21.3 Å². The first-order valence-corrected chi connectivity index (χ1v) is 6.04. The third kappa shape index (κ3) is 1.16. The van der Waals surface area contributed by atoms with Gasteiger partial charge in [-0.1, -0.05) is 6.42 Å². The first-order chi connectivity index (χ1) is 7.74. The van der Waals surface area contributed by atoms with Gasteiger partial charge in [-0.05, 0) is 44.1 Å². The standard InChI is InChI=1S/C12H16N2O2/c15-11(16)12(6-3-7-12)10-8-4-1-2-5-9(8)13-14-10/h1-7H2,(H,13,14)(H,15,16). The smallest absolute Gasteiger partial charge is 0.315 e. The summed E-state index contributed by atoms with van der Waals surface area (Å²) >= 11 is 0. The van der Waals surface area contributed by atoms with Gasteiger partial charge in [0, 0.05) is 5.69 Å². The molecule has 3 rings (SSSR count). The fraction of sp³-hybridized carbons (Fsp3) is 0.667. The van der Waals surface area contributed by atoms with Crippen molar-refractivity contribution in [2.24, 2.45) is 0 Å². The van der Waals surface area contributed by atoms with Crippen LogP contribution in [0.5, 0.6) is 0 Å². The number of carboxylic acids is 1. The molecule has 0 amide bonds. The number of fused-ring (bicyclic) bond motifs is 1. The molecule has 0 unspecified atom stereocenters. The second kappa shape index (κ2) is 3.34. The Kier molecular flexibility index (Phi) is 2.06. The van der Waals surface area contributed by atoms with E-state index >= 15 is 0 Å². The third-order valence-corrected chi connectivity index (χ3v) is 4.13. The van der Waals surface area contributed by atoms with Gasteiger partial charge in [0.15, 0.2) is 0 Å². The molecule has 2 N–H and O–H groups in total. The Bertz CT molecular complexity index is 432. The third-order valence-electron chi connectivity index (χ3n) is 4.13. The zero-order valence-electron chi connectivity index (χ0n) is 9.25. The van der Waals surface area contributed by atoms with Crippen LogP contribution in [0.4, 0.5) is 0 Å². The van der Waals surface area contributed by atoms with Crippen LogP contribution in [0.25, 0.3) is 0 Å². The maximum Gasteiger partial charge on any atom is 0.315 e. The number of aromatic nitrogens is 2. The van der Waals surface area contributed by atoms with E-state index in [1.54, 1.807) is 0 Å². The zero-order chi connectivity index (χ0) is 11.2. The SMILES string of the molecule is O=C(O)C1(c2n[nH]c3c2CCCC3)CCC1. The number of carboxylic acid groups (broad SMARTS) is 1. The fourth-order valence-corrected chi connectivity index (χ4v) is 2.96. The topological polar surface area (TPSA) is 66.0 Å². The Hall–Kier alpha value is -1.32. The fourth-order valence-electron chi connectivity index (χ4n) is 2.96. The zero-order valence-corrected chi connectivity index (χ0v) is 9.25. The molecule has 86 valence electrons. The van der Waals surface area contributed by atoms with E-state index in [-0.39, 0.29) is 0 Å². The highest BCUT2D eigenvalue weighted by molar-refractivity contribution is 5.82. The van der Waals surface area contributed by atoms with Crippen molar-refractivity contribution in [1.29, 1.82) is 0 Å². The van der Waals surface area contributed by atoms with Crippen LogP contribution in [0.1, 0.15) is 49.1 Å². The number of H-pyrrole nitrogens is 1. The normalized spacial score (nSPS) is 22.2. The minimum Gasteiger partial charge on any atom is -0.481 e. The molecule has 0 aromatic carbocycles. The van der Waals surface area contributed by atoms with Gasteiger partial charge in [0.2, 0.25) is 0 Å². The molecule has 0 atom stereocenters. The molecule has 2 aliphatic rings. The van der Waals surface area contributed by atoms with Gasteiger partial charge in [0.1, 0.15) is 5.41 Å². The van der Waals surface area contributed by atoms with E-state index in [9.17, 15) is 9.90 Å². The predicted octanol–water partition coefficient (Wildman–Crippen LogP) is 1.79. The van der Waals surface area contributed by atoms with Gasteiger partial charge in [-0.3, -0.25) is 9.89 Å². The molecule has 4 heteroatoms. The van der Waals surface area contributed by atoms with Gasteiger partial charge >= 0.3 is 5.97 Å². The highest BCUT2D eigenvalue weighted by atomic mass is 16.4. The molecular weight excluding hydrogens is 204 g/mol. The van der Waals surface area contributed by atoms with E-state index in [1.165, 1.54) is 17.7 Å². The molecule has 1 saturated carbocycles. The molecule has 1 fully saturated rings. The maximum absolute atomic E-state index is 11.4. The number of aryl methyl sites for hydroxylation is 1. The monoisotopic (exact) mass is 220 g/mol. The second-order valence-electron chi connectivity index (χ2n) is 4.98. The number of rotatable bonds is 2. The predicted molar refractivity (Wildman–Crippen MR) is 58.4 cm³/mol. The van der Waals surface area contributed by atoms with E-state index in [2.05, 4.69) is 10.2 Å². The van der Waals surface area contributed by atoms with Crippen molar-refractivity contribution in [3.8, 4) is 0 Å². The summed E-state index contributed by atoms with van der Waals surface area (Å²) in [4.78, 5) is 11.4. The molecule has 1 aromatic rings. The van der Waals surface area contributed by atoms with Crippen LogP contribution in [0.15, 0.2) is 0 Å². The number of aromatic amines is 1. The van der Waals surface area contributed by atoms with Crippen LogP contribution >= 0.6 is 0 Å². The van der Waals surface area contributed by atoms with E-state index in [0.717, 1.165) is 44.2 Å². The molecule has 0 aliphatic heterocycles. The lowest BCUT2D eigenvalue weighted by atomic mass is 9.65. The highest BCUT2D eigenvalue weighted by Crippen LogP contribution is 2.45. The molecule has 1 aromatic heterocycles. The van der Waals surface area contributed by atoms with Gasteiger partial charge in [0.25, 0.3) is 0 Å². The molecule has 16 heavy (non-hydrogen) atoms. The number of nitrogens with one attached hydrogen (secondary N) is 1. The summed E-state index contributed by atoms with van der Waals surface area (Å²) in [5.41, 5.74) is 2.55. The van der Waals surface area contributed by atoms with E-state index in [1.807, 2.05) is 0 Å². The summed E-state index contributed by atoms with van der Waals surface area (Å²) in [6, 6.07) is 0. The average Bonchev–Trinajstić information content (AvgIpc) is 2.61. The van der Waals surface area contributed by atoms with Crippen molar-refractivity contribution in [1.82, 2.24) is 10.2 Å². The van der Waals surface area contributed by atoms with E-state index in [4.69, 9.17) is 0 Å². The summed E-state index contributed by atoms with van der Waals surface area (Å²) < 4.78 is 0. The highest BCUT2D eigenvalue weighted by Gasteiger charge is 2.49. The number of nitrogens with zero attached hydrogens (tertiary/aromatic N) is 1. The Balaban J connectivity index is 2.05. The molecule has 4 nitrogen and oxygen atoms in total. The van der Waals surface area contributed by atoms with E-state index < -0.39 is 11.4 Å². The van der Waals surface area contributed by atoms with Crippen molar-refractivity contribution >= 4 is 5.97 Å². The van der Waals surface area contributed by atoms with Crippen LogP contribution < -0.4 is 0 Å². The summed E-state index contributed by atoms with van der Waals surface area (Å²) in [7, 11) is 0. The van der Waals surface area contributed by atoms with Crippen molar-refractivity contribution < 1.29 is 9.90 Å². The first-order valence-electron chi connectivity index (χ1n) is 6.04. The maximum atomic E-state index is 11.4. The van der Waals surface area contributed by atoms with Gasteiger partial charge in [0.05, 0.1) is 5.69 Å². The molecule has 0 radical (unpaired) electrons. The van der Waals surface area contributed by atoms with Crippen molar-refractivity contribution in [3.63, 3.8) is 0 Å². The van der Waals surface area contributed by atoms with Crippen molar-refractivity contribution in [2.75, 3.05) is 0 Å². The Morgan fingerprint density at radius 2 is 2.00 bits per heavy atom. The lowest BCUT2D eigenvalue weighted by Gasteiger charge is -2.37. The number of hydrogen-bond acceptors (Lipinski definition) is 2. The van der Waals surface area contributed by atoms with Gasteiger partial charge in [-0.2, -0.15) is 5.10 Å². The summed E-state index contributed by atoms with van der Waals surface area (Å²) in [5.74, 6) is -0.696. The van der Waals surface area contributed by atoms with Crippen LogP contribution in [-0.2, 0) is 23.1 Å². The van der Waals surface area contributed by atoms with Gasteiger partial charge in [-0.15, -0.1) is 0 Å². The number of carbonyl (C=O) groups is 1. The molecule has 0 bridgehead atoms. The summed E-state index contributed by atoms with van der Waals surface area (Å²) in [5, 5.41) is 16.8. The van der Waals surface area contributed by atoms with E-state index in [0.29, 0.717) is 0 Å². The second-order valence-corrected chi connectivity index (χ2v) is 4.98. The molecule has 1 heterocycles. The lowest BCUT2D eigenvalue weighted by molar-refractivity contribution is -0.147. The largest absolute Gasteiger partial charge is 0.481 e. The molecular formula is C12H16N2O2. The average molecular weight is 220 g/mol. The molecule has 0 saturated heterocycles. The Labute approximate surface area is 94.1 Å². The quantitative estimate of drug-likeness (QED) is 0.798. The summed E-state index contributed by atoms with van der Waals surface area (Å²) in [6.07, 6.45) is 6.88. The van der Waals surface area contributed by atoms with Crippen LogP contribution in [0, 0.1) is 0 Å². The lowest BCUT2D eigenvalue weighted by Crippen LogP contribution is -2.43. The van der Waals surface area contributed by atoms with Crippen molar-refractivity contribution in [3.05, 3.63) is 17.0 Å². The molecule has 0 spiro atoms. The first kappa shape index (κ1) is 9.87. The Morgan fingerprint density at radius 1 is 1.25 bits per heavy atom. The number of hydrogen-bond donors (Lipinski definition) is 2.